The molecular formula is C13H24N2O2. The molecule has 0 saturated heterocycles. The van der Waals surface area contributed by atoms with Crippen molar-refractivity contribution in [2.75, 3.05) is 19.6 Å². The van der Waals surface area contributed by atoms with Gasteiger partial charge < -0.3 is 10.2 Å². The van der Waals surface area contributed by atoms with Crippen LogP contribution < -0.4 is 5.32 Å². The first kappa shape index (κ1) is 14.0. The zero-order valence-corrected chi connectivity index (χ0v) is 11.0. The third-order valence-electron chi connectivity index (χ3n) is 3.38. The summed E-state index contributed by atoms with van der Waals surface area (Å²) >= 11 is 0. The van der Waals surface area contributed by atoms with Gasteiger partial charge in [0, 0.05) is 32.5 Å². The van der Waals surface area contributed by atoms with Crippen molar-refractivity contribution in [1.82, 2.24) is 10.2 Å². The van der Waals surface area contributed by atoms with Crippen LogP contribution in [0.25, 0.3) is 0 Å². The van der Waals surface area contributed by atoms with Crippen molar-refractivity contribution in [3.8, 4) is 0 Å². The molecule has 1 saturated carbocycles. The van der Waals surface area contributed by atoms with E-state index in [9.17, 15) is 9.59 Å². The predicted octanol–water partition coefficient (Wildman–Crippen LogP) is 1.55. The molecule has 0 unspecified atom stereocenters. The topological polar surface area (TPSA) is 49.4 Å². The van der Waals surface area contributed by atoms with Crippen LogP contribution in [0, 0.1) is 5.92 Å². The molecule has 17 heavy (non-hydrogen) atoms. The van der Waals surface area contributed by atoms with Crippen molar-refractivity contribution in [2.24, 2.45) is 5.92 Å². The average molecular weight is 240 g/mol. The van der Waals surface area contributed by atoms with E-state index < -0.39 is 0 Å². The minimum atomic E-state index is 0.0938. The second kappa shape index (κ2) is 7.30. The van der Waals surface area contributed by atoms with Crippen molar-refractivity contribution in [2.45, 2.75) is 46.0 Å². The molecule has 0 heterocycles. The van der Waals surface area contributed by atoms with Crippen LogP contribution in [-0.2, 0) is 9.59 Å². The molecular weight excluding hydrogens is 216 g/mol. The molecule has 2 amide bonds. The predicted molar refractivity (Wildman–Crippen MR) is 67.5 cm³/mol. The lowest BCUT2D eigenvalue weighted by Gasteiger charge is -2.25. The number of hydrogen-bond acceptors (Lipinski definition) is 2. The van der Waals surface area contributed by atoms with Gasteiger partial charge in [0.1, 0.15) is 0 Å². The van der Waals surface area contributed by atoms with Crippen LogP contribution in [0.2, 0.25) is 0 Å². The fourth-order valence-electron chi connectivity index (χ4n) is 1.90. The number of rotatable bonds is 7. The van der Waals surface area contributed by atoms with Crippen LogP contribution in [0.4, 0.5) is 0 Å². The van der Waals surface area contributed by atoms with Gasteiger partial charge in [0.15, 0.2) is 0 Å². The number of unbranched alkanes of at least 4 members (excludes halogenated alkanes) is 1. The van der Waals surface area contributed by atoms with Gasteiger partial charge in [-0.25, -0.2) is 0 Å². The molecule has 0 radical (unpaired) electrons. The maximum atomic E-state index is 11.6. The van der Waals surface area contributed by atoms with E-state index in [0.29, 0.717) is 13.1 Å². The Hall–Kier alpha value is -1.06. The molecule has 0 aromatic heterocycles. The molecule has 0 spiro atoms. The Morgan fingerprint density at radius 2 is 2.00 bits per heavy atom. The van der Waals surface area contributed by atoms with Crippen LogP contribution >= 0.6 is 0 Å². The number of nitrogens with one attached hydrogen (secondary N) is 1. The van der Waals surface area contributed by atoms with Crippen LogP contribution in [0.3, 0.4) is 0 Å². The standard InChI is InChI=1S/C13H24N2O2/c1-3-4-9-15(11(2)16)10-8-14-13(17)12-6-5-7-12/h12H,3-10H2,1-2H3,(H,14,17). The summed E-state index contributed by atoms with van der Waals surface area (Å²) in [5.74, 6) is 0.489. The maximum Gasteiger partial charge on any atom is 0.223 e. The Morgan fingerprint density at radius 1 is 1.29 bits per heavy atom. The molecule has 1 fully saturated rings. The van der Waals surface area contributed by atoms with E-state index in [1.165, 1.54) is 6.42 Å². The van der Waals surface area contributed by atoms with Gasteiger partial charge in [-0.2, -0.15) is 0 Å². The van der Waals surface area contributed by atoms with Crippen molar-refractivity contribution in [1.29, 1.82) is 0 Å². The SMILES string of the molecule is CCCCN(CCNC(=O)C1CCC1)C(C)=O. The Kier molecular flexibility index (Phi) is 6.01. The normalized spacial score (nSPS) is 15.2. The lowest BCUT2D eigenvalue weighted by atomic mass is 9.85. The van der Waals surface area contributed by atoms with Gasteiger partial charge in [0.05, 0.1) is 0 Å². The highest BCUT2D eigenvalue weighted by Crippen LogP contribution is 2.25. The minimum absolute atomic E-state index is 0.0938. The van der Waals surface area contributed by atoms with E-state index in [0.717, 1.165) is 32.2 Å². The fraction of sp³-hybridized carbons (Fsp3) is 0.846. The zero-order chi connectivity index (χ0) is 12.7. The third kappa shape index (κ3) is 4.75. The second-order valence-electron chi connectivity index (χ2n) is 4.78. The van der Waals surface area contributed by atoms with E-state index >= 15 is 0 Å². The largest absolute Gasteiger partial charge is 0.354 e. The molecule has 1 N–H and O–H groups in total. The van der Waals surface area contributed by atoms with Gasteiger partial charge >= 0.3 is 0 Å². The smallest absolute Gasteiger partial charge is 0.223 e. The number of amides is 2. The Bertz CT molecular complexity index is 262. The highest BCUT2D eigenvalue weighted by Gasteiger charge is 2.24. The van der Waals surface area contributed by atoms with E-state index in [4.69, 9.17) is 0 Å². The summed E-state index contributed by atoms with van der Waals surface area (Å²) < 4.78 is 0. The Labute approximate surface area is 104 Å². The van der Waals surface area contributed by atoms with Gasteiger partial charge in [-0.05, 0) is 19.3 Å². The molecule has 4 nitrogen and oxygen atoms in total. The zero-order valence-electron chi connectivity index (χ0n) is 11.0. The number of carbonyl (C=O) groups is 2. The molecule has 4 heteroatoms. The summed E-state index contributed by atoms with van der Waals surface area (Å²) in [6.07, 6.45) is 5.33. The molecule has 1 aliphatic rings. The maximum absolute atomic E-state index is 11.6. The molecule has 0 atom stereocenters. The summed E-state index contributed by atoms with van der Waals surface area (Å²) in [4.78, 5) is 24.7. The number of nitrogens with zero attached hydrogens (tertiary/aromatic N) is 1. The van der Waals surface area contributed by atoms with Crippen molar-refractivity contribution in [3.05, 3.63) is 0 Å². The summed E-state index contributed by atoms with van der Waals surface area (Å²) in [6.45, 7) is 5.71. The third-order valence-corrected chi connectivity index (χ3v) is 3.38. The molecule has 1 rings (SSSR count). The minimum Gasteiger partial charge on any atom is -0.354 e. The van der Waals surface area contributed by atoms with E-state index in [-0.39, 0.29) is 17.7 Å². The fourth-order valence-corrected chi connectivity index (χ4v) is 1.90. The summed E-state index contributed by atoms with van der Waals surface area (Å²) in [7, 11) is 0. The summed E-state index contributed by atoms with van der Waals surface area (Å²) in [5.41, 5.74) is 0. The van der Waals surface area contributed by atoms with E-state index in [1.807, 2.05) is 4.90 Å². The van der Waals surface area contributed by atoms with Crippen molar-refractivity contribution < 1.29 is 9.59 Å². The van der Waals surface area contributed by atoms with Gasteiger partial charge in [0.25, 0.3) is 0 Å². The Morgan fingerprint density at radius 3 is 2.47 bits per heavy atom. The van der Waals surface area contributed by atoms with E-state index in [1.54, 1.807) is 6.92 Å². The first-order chi connectivity index (χ1) is 8.15. The van der Waals surface area contributed by atoms with Crippen LogP contribution in [0.1, 0.15) is 46.0 Å². The highest BCUT2D eigenvalue weighted by molar-refractivity contribution is 5.79. The molecule has 0 aromatic carbocycles. The van der Waals surface area contributed by atoms with E-state index in [2.05, 4.69) is 12.2 Å². The lowest BCUT2D eigenvalue weighted by Crippen LogP contribution is -2.41. The average Bonchev–Trinajstić information content (AvgIpc) is 2.20. The van der Waals surface area contributed by atoms with Gasteiger partial charge in [0.2, 0.25) is 11.8 Å². The second-order valence-corrected chi connectivity index (χ2v) is 4.78. The van der Waals surface area contributed by atoms with Gasteiger partial charge in [-0.1, -0.05) is 19.8 Å². The van der Waals surface area contributed by atoms with Crippen molar-refractivity contribution >= 4 is 11.8 Å². The van der Waals surface area contributed by atoms with Gasteiger partial charge in [-0.15, -0.1) is 0 Å². The monoisotopic (exact) mass is 240 g/mol. The molecule has 1 aliphatic carbocycles. The molecule has 0 aromatic rings. The summed E-state index contributed by atoms with van der Waals surface area (Å²) in [5, 5.41) is 2.91. The number of hydrogen-bond donors (Lipinski definition) is 1. The van der Waals surface area contributed by atoms with Gasteiger partial charge in [-0.3, -0.25) is 9.59 Å². The lowest BCUT2D eigenvalue weighted by molar-refractivity contribution is -0.130. The Balaban J connectivity index is 2.16. The van der Waals surface area contributed by atoms with Crippen LogP contribution in [0.5, 0.6) is 0 Å². The van der Waals surface area contributed by atoms with Crippen LogP contribution in [-0.4, -0.2) is 36.3 Å². The molecule has 0 aliphatic heterocycles. The summed E-state index contributed by atoms with van der Waals surface area (Å²) in [6, 6.07) is 0. The highest BCUT2D eigenvalue weighted by atomic mass is 16.2. The first-order valence-electron chi connectivity index (χ1n) is 6.68. The van der Waals surface area contributed by atoms with Crippen molar-refractivity contribution in [3.63, 3.8) is 0 Å². The van der Waals surface area contributed by atoms with Crippen LogP contribution in [0.15, 0.2) is 0 Å². The molecule has 98 valence electrons. The number of carbonyl (C=O) groups excluding carboxylic acids is 2. The first-order valence-corrected chi connectivity index (χ1v) is 6.68. The molecule has 0 bridgehead atoms. The quantitative estimate of drug-likeness (QED) is 0.734.